The predicted molar refractivity (Wildman–Crippen MR) is 118 cm³/mol. The molecule has 0 amide bonds. The van der Waals surface area contributed by atoms with Crippen molar-refractivity contribution in [3.63, 3.8) is 0 Å². The van der Waals surface area contributed by atoms with E-state index in [0.717, 1.165) is 5.56 Å². The van der Waals surface area contributed by atoms with Gasteiger partial charge < -0.3 is 9.64 Å². The first-order valence-electron chi connectivity index (χ1n) is 11.2. The van der Waals surface area contributed by atoms with E-state index in [1.54, 1.807) is 30.9 Å². The van der Waals surface area contributed by atoms with Gasteiger partial charge in [0.15, 0.2) is 0 Å². The van der Waals surface area contributed by atoms with Gasteiger partial charge in [-0.2, -0.15) is 5.10 Å². The average Bonchev–Trinajstić information content (AvgIpc) is 3.17. The van der Waals surface area contributed by atoms with Crippen LogP contribution >= 0.6 is 0 Å². The van der Waals surface area contributed by atoms with E-state index in [1.807, 2.05) is 13.2 Å². The lowest BCUT2D eigenvalue weighted by Gasteiger charge is -2.69. The van der Waals surface area contributed by atoms with E-state index in [2.05, 4.69) is 15.0 Å². The summed E-state index contributed by atoms with van der Waals surface area (Å²) in [6, 6.07) is 1.80. The number of pyridine rings is 1. The molecule has 174 valence electrons. The maximum atomic E-state index is 13.5. The Kier molecular flexibility index (Phi) is 4.28. The van der Waals surface area contributed by atoms with Gasteiger partial charge in [0.25, 0.3) is 5.56 Å². The van der Waals surface area contributed by atoms with Crippen LogP contribution in [0.4, 0.5) is 14.6 Å². The van der Waals surface area contributed by atoms with Crippen molar-refractivity contribution in [3.8, 4) is 0 Å². The standard InChI is InChI=1S/C23H26F2N6O2/c1-13-27-18-15(20(32)30(13)3)6-17(28-19(18)22-10-23(11-22,12-22)21(24)25)31-4-5-33-16(9-31)14-7-26-29(2)8-14/h6-8,16,21H,4-5,9-12H2,1-3H3/t16-,22?,23?/m0/s1. The molecule has 7 rings (SSSR count). The van der Waals surface area contributed by atoms with Crippen molar-refractivity contribution in [1.82, 2.24) is 24.3 Å². The molecule has 4 heterocycles. The van der Waals surface area contributed by atoms with Crippen molar-refractivity contribution in [2.75, 3.05) is 24.6 Å². The summed E-state index contributed by atoms with van der Waals surface area (Å²) in [6.45, 7) is 3.49. The van der Waals surface area contributed by atoms with Crippen LogP contribution < -0.4 is 10.5 Å². The van der Waals surface area contributed by atoms with Crippen LogP contribution in [0.2, 0.25) is 0 Å². The highest BCUT2D eigenvalue weighted by molar-refractivity contribution is 5.84. The summed E-state index contributed by atoms with van der Waals surface area (Å²) in [7, 11) is 3.56. The fourth-order valence-electron chi connectivity index (χ4n) is 5.91. The number of anilines is 1. The third kappa shape index (κ3) is 2.89. The van der Waals surface area contributed by atoms with Gasteiger partial charge in [0.1, 0.15) is 23.3 Å². The molecule has 4 fully saturated rings. The molecule has 10 heteroatoms. The molecular weight excluding hydrogens is 430 g/mol. The smallest absolute Gasteiger partial charge is 0.261 e. The van der Waals surface area contributed by atoms with Crippen LogP contribution in [0.25, 0.3) is 10.9 Å². The van der Waals surface area contributed by atoms with Gasteiger partial charge in [-0.25, -0.2) is 18.7 Å². The lowest BCUT2D eigenvalue weighted by atomic mass is 9.34. The SMILES string of the molecule is Cc1nc2c(C34CC(C(F)F)(C3)C4)nc(N3CCO[C@H](c4cnn(C)c4)C3)cc2c(=O)n1C. The van der Waals surface area contributed by atoms with Crippen molar-refractivity contribution in [1.29, 1.82) is 0 Å². The monoisotopic (exact) mass is 456 g/mol. The van der Waals surface area contributed by atoms with Crippen LogP contribution in [0.15, 0.2) is 23.3 Å². The second kappa shape index (κ2) is 6.82. The van der Waals surface area contributed by atoms with Crippen molar-refractivity contribution < 1.29 is 13.5 Å². The Morgan fingerprint density at radius 1 is 1.21 bits per heavy atom. The molecule has 2 bridgehead atoms. The molecule has 3 saturated carbocycles. The van der Waals surface area contributed by atoms with E-state index in [4.69, 9.17) is 9.72 Å². The first-order chi connectivity index (χ1) is 15.7. The molecule has 0 N–H and O–H groups in total. The topological polar surface area (TPSA) is 78.1 Å². The Hall–Kier alpha value is -2.88. The third-order valence-corrected chi connectivity index (χ3v) is 7.80. The Morgan fingerprint density at radius 3 is 2.64 bits per heavy atom. The van der Waals surface area contributed by atoms with Crippen LogP contribution in [0.3, 0.4) is 0 Å². The first-order valence-corrected chi connectivity index (χ1v) is 11.2. The van der Waals surface area contributed by atoms with Crippen LogP contribution in [0, 0.1) is 12.3 Å². The summed E-state index contributed by atoms with van der Waals surface area (Å²) in [4.78, 5) is 24.9. The number of halogens is 2. The van der Waals surface area contributed by atoms with Crippen LogP contribution in [-0.4, -0.2) is 50.4 Å². The number of rotatable bonds is 4. The van der Waals surface area contributed by atoms with E-state index in [0.29, 0.717) is 67.2 Å². The van der Waals surface area contributed by atoms with E-state index in [1.165, 1.54) is 4.57 Å². The maximum absolute atomic E-state index is 13.5. The fourth-order valence-corrected chi connectivity index (χ4v) is 5.91. The van der Waals surface area contributed by atoms with Gasteiger partial charge in [0.05, 0.1) is 23.9 Å². The quantitative estimate of drug-likeness (QED) is 0.601. The van der Waals surface area contributed by atoms with Gasteiger partial charge >= 0.3 is 0 Å². The number of aromatic nitrogens is 5. The first kappa shape index (κ1) is 20.7. The van der Waals surface area contributed by atoms with E-state index >= 15 is 0 Å². The van der Waals surface area contributed by atoms with Gasteiger partial charge in [-0.15, -0.1) is 0 Å². The molecule has 3 aliphatic carbocycles. The van der Waals surface area contributed by atoms with Crippen LogP contribution in [0.5, 0.6) is 0 Å². The fraction of sp³-hybridized carbons (Fsp3) is 0.565. The summed E-state index contributed by atoms with van der Waals surface area (Å²) < 4.78 is 36.3. The Morgan fingerprint density at radius 2 is 1.97 bits per heavy atom. The predicted octanol–water partition coefficient (Wildman–Crippen LogP) is 2.64. The second-order valence-electron chi connectivity index (χ2n) is 9.97. The zero-order valence-corrected chi connectivity index (χ0v) is 18.9. The van der Waals surface area contributed by atoms with Gasteiger partial charge in [-0.05, 0) is 32.3 Å². The van der Waals surface area contributed by atoms with Gasteiger partial charge in [0.2, 0.25) is 6.43 Å². The molecule has 1 aliphatic heterocycles. The number of fused-ring (bicyclic) bond motifs is 1. The molecule has 1 saturated heterocycles. The van der Waals surface area contributed by atoms with Crippen molar-refractivity contribution in [2.45, 2.75) is 44.1 Å². The number of morpholine rings is 1. The highest BCUT2D eigenvalue weighted by atomic mass is 19.3. The van der Waals surface area contributed by atoms with E-state index in [9.17, 15) is 13.6 Å². The number of alkyl halides is 2. The number of hydrogen-bond acceptors (Lipinski definition) is 6. The summed E-state index contributed by atoms with van der Waals surface area (Å²) in [5.41, 5.74) is 0.792. The summed E-state index contributed by atoms with van der Waals surface area (Å²) >= 11 is 0. The minimum Gasteiger partial charge on any atom is -0.370 e. The summed E-state index contributed by atoms with van der Waals surface area (Å²) in [5.74, 6) is 1.26. The number of hydrogen-bond donors (Lipinski definition) is 0. The zero-order chi connectivity index (χ0) is 23.1. The minimum atomic E-state index is -2.32. The molecule has 3 aromatic heterocycles. The summed E-state index contributed by atoms with van der Waals surface area (Å²) in [5, 5.41) is 4.73. The van der Waals surface area contributed by atoms with Crippen molar-refractivity contribution in [3.05, 3.63) is 45.9 Å². The molecule has 1 atom stereocenters. The Labute approximate surface area is 189 Å². The average molecular weight is 456 g/mol. The normalized spacial score (nSPS) is 28.8. The summed E-state index contributed by atoms with van der Waals surface area (Å²) in [6.07, 6.45) is 2.45. The largest absolute Gasteiger partial charge is 0.370 e. The van der Waals surface area contributed by atoms with Gasteiger partial charge in [-0.3, -0.25) is 14.0 Å². The third-order valence-electron chi connectivity index (χ3n) is 7.80. The zero-order valence-electron chi connectivity index (χ0n) is 18.9. The molecule has 8 nitrogen and oxygen atoms in total. The number of nitrogens with zero attached hydrogens (tertiary/aromatic N) is 6. The Bertz CT molecular complexity index is 1310. The van der Waals surface area contributed by atoms with Gasteiger partial charge in [-0.1, -0.05) is 0 Å². The maximum Gasteiger partial charge on any atom is 0.261 e. The van der Waals surface area contributed by atoms with Crippen molar-refractivity contribution >= 4 is 16.7 Å². The molecule has 0 spiro atoms. The lowest BCUT2D eigenvalue weighted by molar-refractivity contribution is -0.222. The van der Waals surface area contributed by atoms with Gasteiger partial charge in [0, 0.05) is 49.8 Å². The second-order valence-corrected chi connectivity index (χ2v) is 9.97. The van der Waals surface area contributed by atoms with Crippen LogP contribution in [0.1, 0.15) is 42.4 Å². The lowest BCUT2D eigenvalue weighted by Crippen LogP contribution is -2.68. The molecule has 0 aromatic carbocycles. The molecule has 4 aliphatic rings. The Balaban J connectivity index is 1.43. The van der Waals surface area contributed by atoms with E-state index in [-0.39, 0.29) is 11.7 Å². The molecular formula is C23H26F2N6O2. The molecule has 0 unspecified atom stereocenters. The molecule has 0 radical (unpaired) electrons. The highest BCUT2D eigenvalue weighted by Gasteiger charge is 2.73. The molecule has 3 aromatic rings. The highest BCUT2D eigenvalue weighted by Crippen LogP contribution is 2.75. The van der Waals surface area contributed by atoms with Crippen LogP contribution in [-0.2, 0) is 24.2 Å². The minimum absolute atomic E-state index is 0.144. The van der Waals surface area contributed by atoms with Crippen molar-refractivity contribution in [2.24, 2.45) is 19.5 Å². The van der Waals surface area contributed by atoms with E-state index < -0.39 is 17.3 Å². The number of ether oxygens (including phenoxy) is 1. The number of aryl methyl sites for hydroxylation is 2. The molecule has 33 heavy (non-hydrogen) atoms.